The van der Waals surface area contributed by atoms with E-state index < -0.39 is 0 Å². The summed E-state index contributed by atoms with van der Waals surface area (Å²) in [5, 5.41) is 0.687. The second-order valence-electron chi connectivity index (χ2n) is 4.29. The van der Waals surface area contributed by atoms with Gasteiger partial charge in [0.2, 0.25) is 0 Å². The Kier molecular flexibility index (Phi) is 11.4. The Morgan fingerprint density at radius 3 is 2.00 bits per heavy atom. The molecule has 0 heterocycles. The molecule has 0 spiro atoms. The molecule has 0 unspecified atom stereocenters. The average Bonchev–Trinajstić information content (AvgIpc) is 2.47. The summed E-state index contributed by atoms with van der Waals surface area (Å²) in [5.74, 6) is 0.872. The lowest BCUT2D eigenvalue weighted by atomic mass is 10.3. The molecule has 1 aromatic carbocycles. The third-order valence-electron chi connectivity index (χ3n) is 2.49. The second kappa shape index (κ2) is 12.4. The molecule has 3 nitrogen and oxygen atoms in total. The summed E-state index contributed by atoms with van der Waals surface area (Å²) >= 11 is 34.2. The standard InChI is InChI=1S/C15H14Cl6O3/c16-11-8-10(23-7-3-14(20)21)9-12(17)15(11)24-5-1-4-22-6-2-13(18)19/h2-3,8-9H,1,4-7H2. The topological polar surface area (TPSA) is 27.7 Å². The number of hydrogen-bond acceptors (Lipinski definition) is 3. The first-order valence-corrected chi connectivity index (χ1v) is 9.01. The zero-order chi connectivity index (χ0) is 17.9. The molecule has 1 aromatic rings. The van der Waals surface area contributed by atoms with Gasteiger partial charge < -0.3 is 14.2 Å². The van der Waals surface area contributed by atoms with Gasteiger partial charge in [0.15, 0.2) is 5.75 Å². The summed E-state index contributed by atoms with van der Waals surface area (Å²) in [4.78, 5) is 0. The maximum atomic E-state index is 6.15. The van der Waals surface area contributed by atoms with E-state index in [9.17, 15) is 0 Å². The molecule has 0 saturated carbocycles. The van der Waals surface area contributed by atoms with E-state index in [1.54, 1.807) is 18.2 Å². The van der Waals surface area contributed by atoms with Crippen molar-refractivity contribution in [1.29, 1.82) is 0 Å². The van der Waals surface area contributed by atoms with Crippen LogP contribution >= 0.6 is 69.6 Å². The fraction of sp³-hybridized carbons (Fsp3) is 0.333. The van der Waals surface area contributed by atoms with Gasteiger partial charge in [0.1, 0.15) is 21.3 Å². The smallest absolute Gasteiger partial charge is 0.156 e. The van der Waals surface area contributed by atoms with Crippen LogP contribution in [0.4, 0.5) is 0 Å². The van der Waals surface area contributed by atoms with Gasteiger partial charge in [0.25, 0.3) is 0 Å². The highest BCUT2D eigenvalue weighted by atomic mass is 35.5. The molecule has 0 atom stereocenters. The van der Waals surface area contributed by atoms with Crippen LogP contribution < -0.4 is 9.47 Å². The highest BCUT2D eigenvalue weighted by molar-refractivity contribution is 6.56. The van der Waals surface area contributed by atoms with E-state index in [1.807, 2.05) is 0 Å². The van der Waals surface area contributed by atoms with Crippen LogP contribution in [-0.2, 0) is 4.74 Å². The van der Waals surface area contributed by atoms with Gasteiger partial charge in [-0.1, -0.05) is 69.6 Å². The van der Waals surface area contributed by atoms with Crippen LogP contribution in [0.5, 0.6) is 11.5 Å². The maximum absolute atomic E-state index is 6.15. The van der Waals surface area contributed by atoms with Crippen molar-refractivity contribution in [2.45, 2.75) is 6.42 Å². The van der Waals surface area contributed by atoms with Crippen LogP contribution in [-0.4, -0.2) is 26.4 Å². The number of halogens is 6. The molecule has 134 valence electrons. The molecule has 0 aliphatic heterocycles. The summed E-state index contributed by atoms with van der Waals surface area (Å²) in [6.07, 6.45) is 3.71. The van der Waals surface area contributed by atoms with E-state index in [-0.39, 0.29) is 15.6 Å². The Hall–Kier alpha value is -0.000000000000000167. The fourth-order valence-corrected chi connectivity index (χ4v) is 2.33. The lowest BCUT2D eigenvalue weighted by molar-refractivity contribution is 0.143. The normalized spacial score (nSPS) is 10.2. The van der Waals surface area contributed by atoms with Crippen LogP contribution in [0, 0.1) is 0 Å². The number of hydrogen-bond donors (Lipinski definition) is 0. The van der Waals surface area contributed by atoms with Crippen molar-refractivity contribution in [3.05, 3.63) is 43.3 Å². The van der Waals surface area contributed by atoms with Gasteiger partial charge >= 0.3 is 0 Å². The molecule has 0 bridgehead atoms. The van der Waals surface area contributed by atoms with E-state index in [2.05, 4.69) is 0 Å². The number of rotatable bonds is 10. The van der Waals surface area contributed by atoms with Gasteiger partial charge in [-0.25, -0.2) is 0 Å². The van der Waals surface area contributed by atoms with Crippen LogP contribution in [0.1, 0.15) is 6.42 Å². The molecule has 1 rings (SSSR count). The fourth-order valence-electron chi connectivity index (χ4n) is 1.50. The lowest BCUT2D eigenvalue weighted by Crippen LogP contribution is -2.04. The monoisotopic (exact) mass is 452 g/mol. The largest absolute Gasteiger partial charge is 0.490 e. The van der Waals surface area contributed by atoms with Gasteiger partial charge in [0.05, 0.1) is 29.9 Å². The molecule has 0 aromatic heterocycles. The van der Waals surface area contributed by atoms with Crippen molar-refractivity contribution in [2.24, 2.45) is 0 Å². The molecule has 0 N–H and O–H groups in total. The molecule has 0 aliphatic rings. The van der Waals surface area contributed by atoms with E-state index in [4.69, 9.17) is 83.8 Å². The number of benzene rings is 1. The van der Waals surface area contributed by atoms with Crippen LogP contribution in [0.2, 0.25) is 10.0 Å². The van der Waals surface area contributed by atoms with E-state index in [1.165, 1.54) is 6.08 Å². The summed E-state index contributed by atoms with van der Waals surface area (Å²) < 4.78 is 16.6. The van der Waals surface area contributed by atoms with Gasteiger partial charge in [-0.3, -0.25) is 0 Å². The number of ether oxygens (including phenoxy) is 3. The summed E-state index contributed by atoms with van der Waals surface area (Å²) in [5.41, 5.74) is 0. The molecule has 9 heteroatoms. The van der Waals surface area contributed by atoms with E-state index in [0.717, 1.165) is 0 Å². The average molecular weight is 455 g/mol. The second-order valence-corrected chi connectivity index (χ2v) is 7.12. The zero-order valence-electron chi connectivity index (χ0n) is 12.3. The van der Waals surface area contributed by atoms with Gasteiger partial charge in [-0.2, -0.15) is 0 Å². The Morgan fingerprint density at radius 1 is 0.833 bits per heavy atom. The van der Waals surface area contributed by atoms with Gasteiger partial charge in [0, 0.05) is 18.6 Å². The Labute approximate surface area is 170 Å². The lowest BCUT2D eigenvalue weighted by Gasteiger charge is -2.12. The summed E-state index contributed by atoms with van der Waals surface area (Å²) in [6.45, 7) is 1.42. The summed E-state index contributed by atoms with van der Waals surface area (Å²) in [6, 6.07) is 3.20. The Bertz CT molecular complexity index is 558. The van der Waals surface area contributed by atoms with E-state index in [0.29, 0.717) is 47.8 Å². The Morgan fingerprint density at radius 2 is 1.42 bits per heavy atom. The minimum Gasteiger partial charge on any atom is -0.490 e. The first-order chi connectivity index (χ1) is 11.4. The molecular formula is C15H14Cl6O3. The first-order valence-electron chi connectivity index (χ1n) is 6.75. The van der Waals surface area contributed by atoms with Crippen molar-refractivity contribution in [1.82, 2.24) is 0 Å². The molecule has 0 fully saturated rings. The van der Waals surface area contributed by atoms with Crippen molar-refractivity contribution in [2.75, 3.05) is 26.4 Å². The molecule has 0 radical (unpaired) electrons. The predicted molar refractivity (Wildman–Crippen MR) is 102 cm³/mol. The SMILES string of the molecule is ClC(Cl)=CCOCCCOc1c(Cl)cc(OCC=C(Cl)Cl)cc1Cl. The molecular weight excluding hydrogens is 441 g/mol. The van der Waals surface area contributed by atoms with Gasteiger partial charge in [-0.05, 0) is 12.2 Å². The minimum absolute atomic E-state index is 0.123. The van der Waals surface area contributed by atoms with Crippen LogP contribution in [0.3, 0.4) is 0 Å². The van der Waals surface area contributed by atoms with Crippen LogP contribution in [0.15, 0.2) is 33.3 Å². The van der Waals surface area contributed by atoms with Crippen molar-refractivity contribution in [3.63, 3.8) is 0 Å². The maximum Gasteiger partial charge on any atom is 0.156 e. The zero-order valence-corrected chi connectivity index (χ0v) is 16.9. The van der Waals surface area contributed by atoms with Crippen molar-refractivity contribution in [3.8, 4) is 11.5 Å². The first kappa shape index (κ1) is 22.0. The van der Waals surface area contributed by atoms with E-state index >= 15 is 0 Å². The molecule has 0 saturated heterocycles. The quantitative estimate of drug-likeness (QED) is 0.364. The molecule has 24 heavy (non-hydrogen) atoms. The van der Waals surface area contributed by atoms with Gasteiger partial charge in [-0.15, -0.1) is 0 Å². The predicted octanol–water partition coefficient (Wildman–Crippen LogP) is 6.80. The van der Waals surface area contributed by atoms with Crippen molar-refractivity contribution >= 4 is 69.6 Å². The third-order valence-corrected chi connectivity index (χ3v) is 3.67. The van der Waals surface area contributed by atoms with Crippen molar-refractivity contribution < 1.29 is 14.2 Å². The summed E-state index contributed by atoms with van der Waals surface area (Å²) in [7, 11) is 0. The Balaban J connectivity index is 2.43. The molecule has 0 aliphatic carbocycles. The highest BCUT2D eigenvalue weighted by Gasteiger charge is 2.10. The molecule has 0 amide bonds. The highest BCUT2D eigenvalue weighted by Crippen LogP contribution is 2.37. The minimum atomic E-state index is 0.123. The van der Waals surface area contributed by atoms with Crippen LogP contribution in [0.25, 0.3) is 0 Å². The third kappa shape index (κ3) is 9.47.